The van der Waals surface area contributed by atoms with Gasteiger partial charge in [0, 0.05) is 17.9 Å². The van der Waals surface area contributed by atoms with Gasteiger partial charge in [0.2, 0.25) is 11.8 Å². The molecule has 1 aromatic heterocycles. The third kappa shape index (κ3) is 3.19. The van der Waals surface area contributed by atoms with Crippen molar-refractivity contribution < 1.29 is 9.59 Å². The largest absolute Gasteiger partial charge is 0.343 e. The van der Waals surface area contributed by atoms with E-state index in [4.69, 9.17) is 0 Å². The Balaban J connectivity index is 1.76. The van der Waals surface area contributed by atoms with Gasteiger partial charge >= 0.3 is 0 Å². The molecular formula is C14H15N3O2S2. The van der Waals surface area contributed by atoms with Gasteiger partial charge in [-0.1, -0.05) is 23.5 Å². The number of thiazole rings is 1. The molecule has 21 heavy (non-hydrogen) atoms. The number of amides is 2. The average molecular weight is 321 g/mol. The summed E-state index contributed by atoms with van der Waals surface area (Å²) in [5.41, 5.74) is 2.00. The Morgan fingerprint density at radius 1 is 1.48 bits per heavy atom. The van der Waals surface area contributed by atoms with Gasteiger partial charge in [-0.3, -0.25) is 9.59 Å². The van der Waals surface area contributed by atoms with E-state index in [1.807, 2.05) is 25.1 Å². The average Bonchev–Trinajstić information content (AvgIpc) is 2.73. The van der Waals surface area contributed by atoms with Gasteiger partial charge < -0.3 is 10.6 Å². The predicted octanol–water partition coefficient (Wildman–Crippen LogP) is 2.16. The van der Waals surface area contributed by atoms with Gasteiger partial charge in [-0.15, -0.1) is 0 Å². The number of fused-ring (bicyclic) bond motifs is 1. The first-order valence-electron chi connectivity index (χ1n) is 6.67. The van der Waals surface area contributed by atoms with Crippen molar-refractivity contribution in [1.29, 1.82) is 0 Å². The number of aromatic nitrogens is 1. The zero-order valence-electron chi connectivity index (χ0n) is 11.5. The molecule has 0 unspecified atom stereocenters. The Bertz CT molecular complexity index is 699. The quantitative estimate of drug-likeness (QED) is 0.889. The number of anilines is 1. The molecular weight excluding hydrogens is 306 g/mol. The maximum absolute atomic E-state index is 12.3. The molecule has 1 aliphatic rings. The van der Waals surface area contributed by atoms with Crippen molar-refractivity contribution >= 4 is 50.3 Å². The smallest absolute Gasteiger partial charge is 0.249 e. The summed E-state index contributed by atoms with van der Waals surface area (Å²) in [7, 11) is 0. The van der Waals surface area contributed by atoms with Crippen molar-refractivity contribution in [2.75, 3.05) is 16.8 Å². The lowest BCUT2D eigenvalue weighted by molar-refractivity contribution is -0.125. The number of carbonyl (C=O) groups excluding carboxylic acids is 2. The number of aryl methyl sites for hydroxylation is 1. The SMILES string of the molecule is Cc1cccc2sc(NC(=O)[C@H]3CSCCC(=O)N3)nc12. The number of nitrogens with one attached hydrogen (secondary N) is 2. The molecule has 0 saturated carbocycles. The van der Waals surface area contributed by atoms with Gasteiger partial charge in [0.15, 0.2) is 5.13 Å². The fourth-order valence-electron chi connectivity index (χ4n) is 2.15. The zero-order valence-corrected chi connectivity index (χ0v) is 13.1. The van der Waals surface area contributed by atoms with Gasteiger partial charge in [0.05, 0.1) is 10.2 Å². The van der Waals surface area contributed by atoms with Crippen molar-refractivity contribution in [3.8, 4) is 0 Å². The van der Waals surface area contributed by atoms with Crippen molar-refractivity contribution in [3.63, 3.8) is 0 Å². The van der Waals surface area contributed by atoms with Crippen LogP contribution in [0.3, 0.4) is 0 Å². The molecule has 2 amide bonds. The van der Waals surface area contributed by atoms with Gasteiger partial charge in [-0.25, -0.2) is 4.98 Å². The molecule has 0 spiro atoms. The number of rotatable bonds is 2. The lowest BCUT2D eigenvalue weighted by atomic mass is 10.2. The highest BCUT2D eigenvalue weighted by atomic mass is 32.2. The fraction of sp³-hybridized carbons (Fsp3) is 0.357. The molecule has 2 heterocycles. The van der Waals surface area contributed by atoms with Crippen LogP contribution in [0, 0.1) is 6.92 Å². The van der Waals surface area contributed by atoms with Crippen LogP contribution in [0.15, 0.2) is 18.2 Å². The van der Waals surface area contributed by atoms with Crippen LogP contribution in [0.25, 0.3) is 10.2 Å². The van der Waals surface area contributed by atoms with Crippen LogP contribution in [0.4, 0.5) is 5.13 Å². The van der Waals surface area contributed by atoms with Gasteiger partial charge in [-0.05, 0) is 18.6 Å². The molecule has 2 N–H and O–H groups in total. The summed E-state index contributed by atoms with van der Waals surface area (Å²) in [6.45, 7) is 2.00. The molecule has 1 saturated heterocycles. The van der Waals surface area contributed by atoms with E-state index in [0.717, 1.165) is 21.5 Å². The molecule has 0 radical (unpaired) electrons. The molecule has 1 aliphatic heterocycles. The minimum atomic E-state index is -0.488. The highest BCUT2D eigenvalue weighted by Crippen LogP contribution is 2.28. The first-order valence-corrected chi connectivity index (χ1v) is 8.65. The van der Waals surface area contributed by atoms with Crippen molar-refractivity contribution in [2.24, 2.45) is 0 Å². The van der Waals surface area contributed by atoms with Gasteiger partial charge in [0.25, 0.3) is 0 Å². The second-order valence-electron chi connectivity index (χ2n) is 4.87. The summed E-state index contributed by atoms with van der Waals surface area (Å²) in [4.78, 5) is 28.2. The van der Waals surface area contributed by atoms with Crippen LogP contribution in [0.2, 0.25) is 0 Å². The first-order chi connectivity index (χ1) is 10.1. The van der Waals surface area contributed by atoms with Gasteiger partial charge in [0.1, 0.15) is 6.04 Å². The van der Waals surface area contributed by atoms with E-state index in [9.17, 15) is 9.59 Å². The van der Waals surface area contributed by atoms with Crippen LogP contribution in [0.5, 0.6) is 0 Å². The number of para-hydroxylation sites is 1. The van der Waals surface area contributed by atoms with E-state index in [1.54, 1.807) is 11.8 Å². The fourth-order valence-corrected chi connectivity index (χ4v) is 4.06. The Morgan fingerprint density at radius 3 is 3.14 bits per heavy atom. The first kappa shape index (κ1) is 14.3. The topological polar surface area (TPSA) is 71.1 Å². The molecule has 1 aromatic carbocycles. The third-order valence-corrected chi connectivity index (χ3v) is 5.26. The third-order valence-electron chi connectivity index (χ3n) is 3.26. The Hall–Kier alpha value is -1.60. The molecule has 1 fully saturated rings. The summed E-state index contributed by atoms with van der Waals surface area (Å²) in [5, 5.41) is 6.14. The lowest BCUT2D eigenvalue weighted by Gasteiger charge is -2.13. The number of hydrogen-bond acceptors (Lipinski definition) is 5. The molecule has 0 aliphatic carbocycles. The second kappa shape index (κ2) is 6.03. The summed E-state index contributed by atoms with van der Waals surface area (Å²) in [5.74, 6) is 1.09. The Morgan fingerprint density at radius 2 is 2.33 bits per heavy atom. The monoisotopic (exact) mass is 321 g/mol. The second-order valence-corrected chi connectivity index (χ2v) is 7.06. The number of nitrogens with zero attached hydrogens (tertiary/aromatic N) is 1. The number of thioether (sulfide) groups is 1. The van der Waals surface area contributed by atoms with Crippen molar-refractivity contribution in [2.45, 2.75) is 19.4 Å². The highest BCUT2D eigenvalue weighted by Gasteiger charge is 2.24. The number of hydrogen-bond donors (Lipinski definition) is 2. The van der Waals surface area contributed by atoms with E-state index in [-0.39, 0.29) is 11.8 Å². The Labute approximate surface area is 130 Å². The van der Waals surface area contributed by atoms with Crippen molar-refractivity contribution in [1.82, 2.24) is 10.3 Å². The van der Waals surface area contributed by atoms with Crippen LogP contribution in [-0.4, -0.2) is 34.3 Å². The van der Waals surface area contributed by atoms with Gasteiger partial charge in [-0.2, -0.15) is 11.8 Å². The molecule has 2 aromatic rings. The minimum absolute atomic E-state index is 0.0692. The Kier molecular flexibility index (Phi) is 4.12. The van der Waals surface area contributed by atoms with Crippen LogP contribution >= 0.6 is 23.1 Å². The van der Waals surface area contributed by atoms with E-state index in [1.165, 1.54) is 11.3 Å². The molecule has 7 heteroatoms. The molecule has 110 valence electrons. The molecule has 3 rings (SSSR count). The van der Waals surface area contributed by atoms with Crippen LogP contribution < -0.4 is 10.6 Å². The lowest BCUT2D eigenvalue weighted by Crippen LogP contribution is -2.44. The van der Waals surface area contributed by atoms with Crippen molar-refractivity contribution in [3.05, 3.63) is 23.8 Å². The molecule has 1 atom stereocenters. The van der Waals surface area contributed by atoms with E-state index in [2.05, 4.69) is 15.6 Å². The van der Waals surface area contributed by atoms with Crippen LogP contribution in [-0.2, 0) is 9.59 Å². The maximum atomic E-state index is 12.3. The normalized spacial score (nSPS) is 19.1. The molecule has 0 bridgehead atoms. The molecule has 5 nitrogen and oxygen atoms in total. The number of benzene rings is 1. The zero-order chi connectivity index (χ0) is 14.8. The number of carbonyl (C=O) groups is 2. The summed E-state index contributed by atoms with van der Waals surface area (Å²) >= 11 is 3.06. The standard InChI is InChI=1S/C14H15N3O2S2/c1-8-3-2-4-10-12(8)16-14(21-10)17-13(19)9-7-20-6-5-11(18)15-9/h2-4,9H,5-7H2,1H3,(H,15,18)(H,16,17,19)/t9-/m1/s1. The minimum Gasteiger partial charge on any atom is -0.343 e. The highest BCUT2D eigenvalue weighted by molar-refractivity contribution is 7.99. The summed E-state index contributed by atoms with van der Waals surface area (Å²) in [6.07, 6.45) is 0.467. The van der Waals surface area contributed by atoms with Crippen LogP contribution in [0.1, 0.15) is 12.0 Å². The summed E-state index contributed by atoms with van der Waals surface area (Å²) in [6, 6.07) is 5.47. The predicted molar refractivity (Wildman–Crippen MR) is 86.9 cm³/mol. The summed E-state index contributed by atoms with van der Waals surface area (Å²) < 4.78 is 1.05. The van der Waals surface area contributed by atoms with E-state index < -0.39 is 6.04 Å². The maximum Gasteiger partial charge on any atom is 0.249 e. The van der Waals surface area contributed by atoms with E-state index >= 15 is 0 Å². The van der Waals surface area contributed by atoms with E-state index in [0.29, 0.717) is 17.3 Å².